The summed E-state index contributed by atoms with van der Waals surface area (Å²) < 4.78 is 7.99. The fraction of sp³-hybridized carbons (Fsp3) is 0.476. The maximum Gasteiger partial charge on any atom is 0.255 e. The van der Waals surface area contributed by atoms with Gasteiger partial charge in [-0.05, 0) is 57.9 Å². The average molecular weight is 355 g/mol. The molecule has 2 N–H and O–H groups in total. The van der Waals surface area contributed by atoms with Crippen molar-refractivity contribution < 1.29 is 9.53 Å². The van der Waals surface area contributed by atoms with E-state index in [0.29, 0.717) is 13.2 Å². The van der Waals surface area contributed by atoms with E-state index < -0.39 is 0 Å². The van der Waals surface area contributed by atoms with E-state index in [9.17, 15) is 4.79 Å². The van der Waals surface area contributed by atoms with Gasteiger partial charge in [0.1, 0.15) is 0 Å². The van der Waals surface area contributed by atoms with Gasteiger partial charge in [0.05, 0.1) is 11.7 Å². The van der Waals surface area contributed by atoms with Gasteiger partial charge in [-0.15, -0.1) is 0 Å². The largest absolute Gasteiger partial charge is 0.378 e. The van der Waals surface area contributed by atoms with Gasteiger partial charge in [0.25, 0.3) is 5.91 Å². The first kappa shape index (κ1) is 18.7. The van der Waals surface area contributed by atoms with Crippen LogP contribution in [0.2, 0.25) is 0 Å². The zero-order valence-corrected chi connectivity index (χ0v) is 15.8. The molecular formula is C21H29N3O2. The lowest BCUT2D eigenvalue weighted by Gasteiger charge is -2.32. The van der Waals surface area contributed by atoms with Crippen molar-refractivity contribution in [3.05, 3.63) is 53.3 Å². The molecule has 1 aromatic heterocycles. The maximum atomic E-state index is 13.0. The van der Waals surface area contributed by atoms with Crippen molar-refractivity contribution in [3.63, 3.8) is 0 Å². The van der Waals surface area contributed by atoms with Gasteiger partial charge in [0, 0.05) is 36.8 Å². The van der Waals surface area contributed by atoms with Gasteiger partial charge in [0.2, 0.25) is 0 Å². The molecule has 1 amide bonds. The van der Waals surface area contributed by atoms with Crippen molar-refractivity contribution in [1.29, 1.82) is 0 Å². The molecule has 1 saturated heterocycles. The van der Waals surface area contributed by atoms with Gasteiger partial charge in [0.15, 0.2) is 0 Å². The Morgan fingerprint density at radius 3 is 2.54 bits per heavy atom. The van der Waals surface area contributed by atoms with E-state index in [2.05, 4.69) is 16.7 Å². The Bertz CT molecular complexity index is 731. The second-order valence-corrected chi connectivity index (χ2v) is 6.96. The summed E-state index contributed by atoms with van der Waals surface area (Å²) in [5.74, 6) is 0.126. The van der Waals surface area contributed by atoms with Gasteiger partial charge in [-0.1, -0.05) is 18.2 Å². The van der Waals surface area contributed by atoms with E-state index in [1.54, 1.807) is 0 Å². The molecule has 0 bridgehead atoms. The Balaban J connectivity index is 1.68. The standard InChI is InChI=1S/C21H29N3O2/c1-16-15-20(17(2)24(16)18-7-4-3-5-8-18)21(25)23-12-9-19(10-13-23)26-14-6-11-22/h3-5,7-8,15,19H,6,9-14,22H2,1-2H3. The van der Waals surface area contributed by atoms with Crippen LogP contribution < -0.4 is 5.73 Å². The van der Waals surface area contributed by atoms with Crippen LogP contribution in [0.25, 0.3) is 5.69 Å². The second-order valence-electron chi connectivity index (χ2n) is 6.96. The number of ether oxygens (including phenoxy) is 1. The van der Waals surface area contributed by atoms with E-state index in [4.69, 9.17) is 10.5 Å². The molecule has 26 heavy (non-hydrogen) atoms. The normalized spacial score (nSPS) is 15.4. The molecule has 0 saturated carbocycles. The lowest BCUT2D eigenvalue weighted by Crippen LogP contribution is -2.41. The van der Waals surface area contributed by atoms with Gasteiger partial charge in [-0.2, -0.15) is 0 Å². The molecule has 5 nitrogen and oxygen atoms in total. The highest BCUT2D eigenvalue weighted by molar-refractivity contribution is 5.96. The number of hydrogen-bond donors (Lipinski definition) is 1. The van der Waals surface area contributed by atoms with Crippen LogP contribution in [0, 0.1) is 13.8 Å². The fourth-order valence-electron chi connectivity index (χ4n) is 3.68. The van der Waals surface area contributed by atoms with Crippen LogP contribution in [0.15, 0.2) is 36.4 Å². The van der Waals surface area contributed by atoms with Crippen molar-refractivity contribution in [2.75, 3.05) is 26.2 Å². The summed E-state index contributed by atoms with van der Waals surface area (Å²) in [6, 6.07) is 12.2. The summed E-state index contributed by atoms with van der Waals surface area (Å²) in [6.45, 7) is 6.95. The first-order chi connectivity index (χ1) is 12.6. The smallest absolute Gasteiger partial charge is 0.255 e. The number of nitrogens with two attached hydrogens (primary N) is 1. The van der Waals surface area contributed by atoms with Gasteiger partial charge < -0.3 is 19.9 Å². The number of amides is 1. The number of hydrogen-bond acceptors (Lipinski definition) is 3. The van der Waals surface area contributed by atoms with Crippen LogP contribution >= 0.6 is 0 Å². The third kappa shape index (κ3) is 4.00. The topological polar surface area (TPSA) is 60.5 Å². The first-order valence-corrected chi connectivity index (χ1v) is 9.47. The summed E-state index contributed by atoms with van der Waals surface area (Å²) in [7, 11) is 0. The summed E-state index contributed by atoms with van der Waals surface area (Å²) in [4.78, 5) is 15.0. The SMILES string of the molecule is Cc1cc(C(=O)N2CCC(OCCCN)CC2)c(C)n1-c1ccccc1. The third-order valence-electron chi connectivity index (χ3n) is 5.11. The maximum absolute atomic E-state index is 13.0. The summed E-state index contributed by atoms with van der Waals surface area (Å²) in [5.41, 5.74) is 9.48. The molecule has 0 unspecified atom stereocenters. The fourth-order valence-corrected chi connectivity index (χ4v) is 3.68. The summed E-state index contributed by atoms with van der Waals surface area (Å²) >= 11 is 0. The Morgan fingerprint density at radius 2 is 1.88 bits per heavy atom. The number of benzene rings is 1. The third-order valence-corrected chi connectivity index (χ3v) is 5.11. The number of carbonyl (C=O) groups excluding carboxylic acids is 1. The van der Waals surface area contributed by atoms with E-state index >= 15 is 0 Å². The number of carbonyl (C=O) groups is 1. The van der Waals surface area contributed by atoms with E-state index in [-0.39, 0.29) is 12.0 Å². The van der Waals surface area contributed by atoms with Crippen LogP contribution in [-0.2, 0) is 4.74 Å². The highest BCUT2D eigenvalue weighted by Crippen LogP contribution is 2.24. The highest BCUT2D eigenvalue weighted by Gasteiger charge is 2.26. The quantitative estimate of drug-likeness (QED) is 0.810. The second kappa shape index (κ2) is 8.52. The molecule has 0 atom stereocenters. The molecule has 1 aliphatic rings. The van der Waals surface area contributed by atoms with Crippen molar-refractivity contribution in [1.82, 2.24) is 9.47 Å². The molecule has 2 aromatic rings. The number of piperidine rings is 1. The van der Waals surface area contributed by atoms with E-state index in [1.165, 1.54) is 0 Å². The molecule has 5 heteroatoms. The van der Waals surface area contributed by atoms with E-state index in [0.717, 1.165) is 55.0 Å². The van der Waals surface area contributed by atoms with Crippen LogP contribution in [0.4, 0.5) is 0 Å². The molecule has 1 aromatic carbocycles. The number of aromatic nitrogens is 1. The zero-order chi connectivity index (χ0) is 18.5. The molecule has 1 aliphatic heterocycles. The number of nitrogens with zero attached hydrogens (tertiary/aromatic N) is 2. The number of aryl methyl sites for hydroxylation is 1. The molecule has 0 aliphatic carbocycles. The van der Waals surface area contributed by atoms with Gasteiger partial charge >= 0.3 is 0 Å². The minimum atomic E-state index is 0.126. The first-order valence-electron chi connectivity index (χ1n) is 9.47. The minimum absolute atomic E-state index is 0.126. The Labute approximate surface area is 155 Å². The number of rotatable bonds is 6. The molecule has 1 fully saturated rings. The van der Waals surface area contributed by atoms with Crippen LogP contribution in [0.3, 0.4) is 0 Å². The van der Waals surface area contributed by atoms with Gasteiger partial charge in [-0.3, -0.25) is 4.79 Å². The highest BCUT2D eigenvalue weighted by atomic mass is 16.5. The van der Waals surface area contributed by atoms with E-state index in [1.807, 2.05) is 43.0 Å². The Morgan fingerprint density at radius 1 is 1.19 bits per heavy atom. The lowest BCUT2D eigenvalue weighted by molar-refractivity contribution is 0.00843. The number of likely N-dealkylation sites (tertiary alicyclic amines) is 1. The lowest BCUT2D eigenvalue weighted by atomic mass is 10.1. The van der Waals surface area contributed by atoms with Crippen LogP contribution in [0.5, 0.6) is 0 Å². The van der Waals surface area contributed by atoms with Crippen LogP contribution in [-0.4, -0.2) is 47.7 Å². The Kier molecular flexibility index (Phi) is 6.12. The van der Waals surface area contributed by atoms with Crippen LogP contribution in [0.1, 0.15) is 41.0 Å². The molecule has 140 valence electrons. The monoisotopic (exact) mass is 355 g/mol. The Hall–Kier alpha value is -2.11. The van der Waals surface area contributed by atoms with Crippen molar-refractivity contribution in [2.24, 2.45) is 5.73 Å². The molecule has 2 heterocycles. The summed E-state index contributed by atoms with van der Waals surface area (Å²) in [6.07, 6.45) is 2.94. The molecule has 0 radical (unpaired) electrons. The zero-order valence-electron chi connectivity index (χ0n) is 15.8. The molecule has 3 rings (SSSR count). The minimum Gasteiger partial charge on any atom is -0.378 e. The predicted octanol–water partition coefficient (Wildman–Crippen LogP) is 3.06. The molecule has 0 spiro atoms. The van der Waals surface area contributed by atoms with Crippen molar-refractivity contribution in [3.8, 4) is 5.69 Å². The van der Waals surface area contributed by atoms with Crippen molar-refractivity contribution >= 4 is 5.91 Å². The number of para-hydroxylation sites is 1. The van der Waals surface area contributed by atoms with Gasteiger partial charge in [-0.25, -0.2) is 0 Å². The summed E-state index contributed by atoms with van der Waals surface area (Å²) in [5, 5.41) is 0. The predicted molar refractivity (Wildman–Crippen MR) is 104 cm³/mol. The average Bonchev–Trinajstić information content (AvgIpc) is 2.97. The van der Waals surface area contributed by atoms with Crippen molar-refractivity contribution in [2.45, 2.75) is 39.2 Å². The molecular weight excluding hydrogens is 326 g/mol.